The molecule has 0 aromatic rings. The van der Waals surface area contributed by atoms with Crippen LogP contribution in [0.2, 0.25) is 0 Å². The van der Waals surface area contributed by atoms with E-state index in [2.05, 4.69) is 56.1 Å². The molecule has 230 valence electrons. The summed E-state index contributed by atoms with van der Waals surface area (Å²) in [7, 11) is 0. The van der Waals surface area contributed by atoms with Crippen molar-refractivity contribution in [2.24, 2.45) is 35.0 Å². The van der Waals surface area contributed by atoms with Crippen LogP contribution in [0.25, 0.3) is 0 Å². The molecule has 4 rings (SSSR count). The van der Waals surface area contributed by atoms with E-state index in [0.717, 1.165) is 47.2 Å². The highest BCUT2D eigenvalue weighted by atomic mass is 35.5. The molecule has 5 nitrogen and oxygen atoms in total. The van der Waals surface area contributed by atoms with Gasteiger partial charge in [-0.15, -0.1) is 0 Å². The Morgan fingerprint density at radius 2 is 1.74 bits per heavy atom. The maximum atomic E-state index is 6.65. The van der Waals surface area contributed by atoms with Crippen LogP contribution >= 0.6 is 23.2 Å². The number of allylic oxidation sites excluding steroid dienone is 6. The fourth-order valence-electron chi connectivity index (χ4n) is 7.48. The van der Waals surface area contributed by atoms with E-state index in [1.807, 2.05) is 0 Å². The van der Waals surface area contributed by atoms with Crippen molar-refractivity contribution in [3.05, 3.63) is 33.9 Å². The molecule has 0 saturated carbocycles. The van der Waals surface area contributed by atoms with E-state index in [4.69, 9.17) is 23.2 Å². The van der Waals surface area contributed by atoms with Crippen LogP contribution in [0.1, 0.15) is 99.3 Å². The Morgan fingerprint density at radius 3 is 2.36 bits per heavy atom. The van der Waals surface area contributed by atoms with Crippen molar-refractivity contribution in [1.29, 1.82) is 0 Å². The predicted molar refractivity (Wildman–Crippen MR) is 171 cm³/mol. The molecule has 7 heteroatoms. The summed E-state index contributed by atoms with van der Waals surface area (Å²) in [5, 5.41) is 6.28. The van der Waals surface area contributed by atoms with Crippen LogP contribution in [0, 0.1) is 35.0 Å². The molecule has 3 aliphatic carbocycles. The van der Waals surface area contributed by atoms with E-state index in [1.165, 1.54) is 71.0 Å². The van der Waals surface area contributed by atoms with E-state index < -0.39 is 0 Å². The standard InChI is InChI=1S/C31H50Cl2N2.CH4.3H2O/c1-22(2)30(34-19-23-8-7-9-25(18-23)27-10-5-6-11-29(27)33)20-35-17-16-28(31(3,4)21-35)24-12-14-26(32)15-13-24;;;;/h7,9,14,22-25,28,30,34H,5-6,8,10-13,15-21H2,1-4H3;1H4;3*1H2/t23?,24?,25?,28-,30+;;;;/m1..../s1. The minimum atomic E-state index is 0. The van der Waals surface area contributed by atoms with Crippen molar-refractivity contribution in [3.8, 4) is 0 Å². The summed E-state index contributed by atoms with van der Waals surface area (Å²) < 4.78 is 0. The van der Waals surface area contributed by atoms with Crippen LogP contribution in [0.15, 0.2) is 33.9 Å². The van der Waals surface area contributed by atoms with Gasteiger partial charge >= 0.3 is 0 Å². The predicted octanol–water partition coefficient (Wildman–Crippen LogP) is 6.68. The Balaban J connectivity index is 0.00000361. The van der Waals surface area contributed by atoms with Crippen LogP contribution in [0.4, 0.5) is 0 Å². The maximum absolute atomic E-state index is 6.65. The summed E-state index contributed by atoms with van der Waals surface area (Å²) in [5.74, 6) is 3.57. The van der Waals surface area contributed by atoms with E-state index >= 15 is 0 Å². The summed E-state index contributed by atoms with van der Waals surface area (Å²) in [6.07, 6.45) is 19.4. The van der Waals surface area contributed by atoms with Crippen molar-refractivity contribution < 1.29 is 16.4 Å². The minimum Gasteiger partial charge on any atom is -0.412 e. The number of piperidine rings is 1. The molecule has 0 radical (unpaired) electrons. The molecule has 0 spiro atoms. The van der Waals surface area contributed by atoms with Crippen molar-refractivity contribution in [1.82, 2.24) is 10.2 Å². The number of hydrogen-bond acceptors (Lipinski definition) is 2. The molecule has 1 aliphatic heterocycles. The van der Waals surface area contributed by atoms with E-state index in [9.17, 15) is 0 Å². The number of likely N-dealkylation sites (tertiary alicyclic amines) is 1. The van der Waals surface area contributed by atoms with Gasteiger partial charge in [-0.1, -0.05) is 76.6 Å². The van der Waals surface area contributed by atoms with Crippen molar-refractivity contribution in [2.75, 3.05) is 26.2 Å². The summed E-state index contributed by atoms with van der Waals surface area (Å²) in [5.41, 5.74) is 1.91. The van der Waals surface area contributed by atoms with Gasteiger partial charge in [0.25, 0.3) is 0 Å². The first kappa shape index (κ1) is 38.6. The van der Waals surface area contributed by atoms with E-state index in [-0.39, 0.29) is 23.9 Å². The number of nitrogens with zero attached hydrogens (tertiary/aromatic N) is 1. The van der Waals surface area contributed by atoms with Gasteiger partial charge in [0.1, 0.15) is 0 Å². The summed E-state index contributed by atoms with van der Waals surface area (Å²) >= 11 is 12.9. The molecular formula is C32H60Cl2N2O3. The molecule has 3 unspecified atom stereocenters. The van der Waals surface area contributed by atoms with Gasteiger partial charge in [0, 0.05) is 29.2 Å². The normalized spacial score (nSPS) is 29.8. The first-order chi connectivity index (χ1) is 16.7. The third-order valence-electron chi connectivity index (χ3n) is 9.60. The Labute approximate surface area is 249 Å². The van der Waals surface area contributed by atoms with Gasteiger partial charge in [0.05, 0.1) is 0 Å². The molecule has 4 aliphatic rings. The summed E-state index contributed by atoms with van der Waals surface area (Å²) in [6.45, 7) is 14.6. The Kier molecular flexibility index (Phi) is 17.4. The van der Waals surface area contributed by atoms with Gasteiger partial charge in [-0.2, -0.15) is 0 Å². The lowest BCUT2D eigenvalue weighted by Crippen LogP contribution is -2.53. The highest BCUT2D eigenvalue weighted by Gasteiger charge is 2.40. The molecule has 1 heterocycles. The number of nitrogens with one attached hydrogen (secondary N) is 1. The highest BCUT2D eigenvalue weighted by Crippen LogP contribution is 2.45. The number of rotatable bonds is 8. The average Bonchev–Trinajstić information content (AvgIpc) is 2.82. The first-order valence-electron chi connectivity index (χ1n) is 14.6. The first-order valence-corrected chi connectivity index (χ1v) is 15.3. The number of halogens is 2. The lowest BCUT2D eigenvalue weighted by atomic mass is 9.65. The summed E-state index contributed by atoms with van der Waals surface area (Å²) in [4.78, 5) is 2.76. The lowest BCUT2D eigenvalue weighted by Gasteiger charge is -2.49. The fraction of sp³-hybridized carbons (Fsp3) is 0.812. The second-order valence-corrected chi connectivity index (χ2v) is 14.0. The van der Waals surface area contributed by atoms with E-state index in [0.29, 0.717) is 23.3 Å². The van der Waals surface area contributed by atoms with Gasteiger partial charge < -0.3 is 26.6 Å². The zero-order valence-electron chi connectivity index (χ0n) is 24.3. The van der Waals surface area contributed by atoms with Gasteiger partial charge in [-0.25, -0.2) is 0 Å². The highest BCUT2D eigenvalue weighted by molar-refractivity contribution is 6.30. The zero-order chi connectivity index (χ0) is 25.0. The largest absolute Gasteiger partial charge is 0.412 e. The van der Waals surface area contributed by atoms with E-state index in [1.54, 1.807) is 5.57 Å². The number of hydrogen-bond donors (Lipinski definition) is 1. The monoisotopic (exact) mass is 590 g/mol. The smallest absolute Gasteiger partial charge is 0.0218 e. The average molecular weight is 592 g/mol. The molecule has 0 aromatic carbocycles. The van der Waals surface area contributed by atoms with Gasteiger partial charge in [0.2, 0.25) is 0 Å². The zero-order valence-corrected chi connectivity index (χ0v) is 25.8. The van der Waals surface area contributed by atoms with Crippen LogP contribution in [-0.4, -0.2) is 53.5 Å². The topological polar surface area (TPSA) is 110 Å². The van der Waals surface area contributed by atoms with Crippen LogP contribution in [0.3, 0.4) is 0 Å². The molecule has 0 bridgehead atoms. The molecule has 7 N–H and O–H groups in total. The Hall–Kier alpha value is -0.400. The molecule has 39 heavy (non-hydrogen) atoms. The molecule has 1 saturated heterocycles. The van der Waals surface area contributed by atoms with Crippen molar-refractivity contribution in [3.63, 3.8) is 0 Å². The SMILES string of the molecule is C.CC(C)[C@H](CN1CC[C@H](C2CC=C(Cl)CC2)C(C)(C)C1)NCC1CC=CC(C2=C(Cl)CCCC2)C1.O.O.O. The van der Waals surface area contributed by atoms with Crippen molar-refractivity contribution >= 4 is 23.2 Å². The van der Waals surface area contributed by atoms with Crippen molar-refractivity contribution in [2.45, 2.75) is 105 Å². The molecule has 1 fully saturated rings. The Morgan fingerprint density at radius 1 is 1.03 bits per heavy atom. The summed E-state index contributed by atoms with van der Waals surface area (Å²) in [6, 6.07) is 0.556. The fourth-order valence-corrected chi connectivity index (χ4v) is 8.05. The molecule has 5 atom stereocenters. The molecular weight excluding hydrogens is 531 g/mol. The van der Waals surface area contributed by atoms with Gasteiger partial charge in [-0.05, 0) is 118 Å². The minimum absolute atomic E-state index is 0. The molecule has 0 amide bonds. The van der Waals surface area contributed by atoms with Crippen LogP contribution in [0.5, 0.6) is 0 Å². The maximum Gasteiger partial charge on any atom is 0.0218 e. The van der Waals surface area contributed by atoms with Crippen LogP contribution < -0.4 is 5.32 Å². The van der Waals surface area contributed by atoms with Gasteiger partial charge in [-0.3, -0.25) is 0 Å². The van der Waals surface area contributed by atoms with Crippen LogP contribution in [-0.2, 0) is 0 Å². The second-order valence-electron chi connectivity index (χ2n) is 13.1. The molecule has 0 aromatic heterocycles. The van der Waals surface area contributed by atoms with Gasteiger partial charge in [0.15, 0.2) is 0 Å². The Bertz CT molecular complexity index is 811. The lowest BCUT2D eigenvalue weighted by molar-refractivity contribution is 0.0116. The second kappa shape index (κ2) is 17.5. The third kappa shape index (κ3) is 10.4. The quantitative estimate of drug-likeness (QED) is 0.318. The third-order valence-corrected chi connectivity index (χ3v) is 10.4.